The smallest absolute Gasteiger partial charge is 0.345 e. The van der Waals surface area contributed by atoms with Gasteiger partial charge in [0.25, 0.3) is 0 Å². The van der Waals surface area contributed by atoms with E-state index >= 15 is 0 Å². The number of aromatic amines is 1. The maximum absolute atomic E-state index is 10.4. The molecule has 0 atom stereocenters. The van der Waals surface area contributed by atoms with Gasteiger partial charge in [0, 0.05) is 6.20 Å². The Hall–Kier alpha value is -1.96. The Balaban J connectivity index is 1.96. The van der Waals surface area contributed by atoms with Gasteiger partial charge in [-0.25, -0.2) is 9.97 Å². The van der Waals surface area contributed by atoms with Gasteiger partial charge in [-0.3, -0.25) is 10.1 Å². The van der Waals surface area contributed by atoms with Crippen LogP contribution < -0.4 is 5.32 Å². The molecule has 2 aromatic heterocycles. The van der Waals surface area contributed by atoms with Gasteiger partial charge < -0.3 is 10.3 Å². The minimum Gasteiger partial charge on any atom is -0.356 e. The third-order valence-corrected chi connectivity index (χ3v) is 2.57. The average molecular weight is 225 g/mol. The zero-order valence-electron chi connectivity index (χ0n) is 7.51. The lowest BCUT2D eigenvalue weighted by Crippen LogP contribution is -1.98. The van der Waals surface area contributed by atoms with E-state index in [1.807, 2.05) is 0 Å². The molecule has 7 nitrogen and oxygen atoms in total. The molecule has 0 radical (unpaired) electrons. The number of nitrogens with zero attached hydrogens (tertiary/aromatic N) is 3. The van der Waals surface area contributed by atoms with Crippen LogP contribution in [0, 0.1) is 10.1 Å². The van der Waals surface area contributed by atoms with Crippen LogP contribution in [-0.2, 0) is 6.54 Å². The van der Waals surface area contributed by atoms with Crippen molar-refractivity contribution in [2.45, 2.75) is 6.54 Å². The number of hydrogen-bond acceptors (Lipinski definition) is 6. The lowest BCUT2D eigenvalue weighted by molar-refractivity contribution is -0.380. The van der Waals surface area contributed by atoms with Crippen LogP contribution >= 0.6 is 11.3 Å². The fourth-order valence-corrected chi connectivity index (χ4v) is 1.61. The first-order valence-electron chi connectivity index (χ1n) is 4.07. The highest BCUT2D eigenvalue weighted by molar-refractivity contribution is 7.18. The topological polar surface area (TPSA) is 96.7 Å². The number of aromatic nitrogens is 3. The number of hydrogen-bond donors (Lipinski definition) is 2. The fourth-order valence-electron chi connectivity index (χ4n) is 0.984. The molecular formula is C7H7N5O2S. The number of nitrogens with one attached hydrogen (secondary N) is 2. The monoisotopic (exact) mass is 225 g/mol. The zero-order chi connectivity index (χ0) is 10.7. The summed E-state index contributed by atoms with van der Waals surface area (Å²) in [5.41, 5.74) is 0.896. The molecule has 2 aromatic rings. The summed E-state index contributed by atoms with van der Waals surface area (Å²) in [6.45, 7) is 0.519. The van der Waals surface area contributed by atoms with Gasteiger partial charge in [-0.05, 0) is 11.3 Å². The molecule has 0 saturated carbocycles. The Kier molecular flexibility index (Phi) is 2.59. The van der Waals surface area contributed by atoms with Crippen LogP contribution in [0.3, 0.4) is 0 Å². The molecule has 0 aliphatic heterocycles. The minimum atomic E-state index is -0.459. The Morgan fingerprint density at radius 3 is 3.07 bits per heavy atom. The van der Waals surface area contributed by atoms with E-state index in [9.17, 15) is 10.1 Å². The Bertz CT molecular complexity index is 452. The van der Waals surface area contributed by atoms with Crippen molar-refractivity contribution in [3.05, 3.63) is 34.5 Å². The Morgan fingerprint density at radius 1 is 1.60 bits per heavy atom. The Morgan fingerprint density at radius 2 is 2.47 bits per heavy atom. The van der Waals surface area contributed by atoms with E-state index in [0.717, 1.165) is 17.0 Å². The van der Waals surface area contributed by atoms with E-state index in [4.69, 9.17) is 0 Å². The molecule has 0 aliphatic rings. The highest BCUT2D eigenvalue weighted by atomic mass is 32.1. The third-order valence-electron chi connectivity index (χ3n) is 1.66. The fraction of sp³-hybridized carbons (Fsp3) is 0.143. The molecule has 2 N–H and O–H groups in total. The molecule has 0 fully saturated rings. The highest BCUT2D eigenvalue weighted by Gasteiger charge is 2.10. The zero-order valence-corrected chi connectivity index (χ0v) is 8.32. The summed E-state index contributed by atoms with van der Waals surface area (Å²) in [5, 5.41) is 13.9. The van der Waals surface area contributed by atoms with Gasteiger partial charge in [0.15, 0.2) is 5.13 Å². The van der Waals surface area contributed by atoms with Crippen molar-refractivity contribution in [2.75, 3.05) is 5.32 Å². The molecule has 8 heteroatoms. The first-order chi connectivity index (χ1) is 7.25. The van der Waals surface area contributed by atoms with Crippen LogP contribution in [0.4, 0.5) is 10.1 Å². The van der Waals surface area contributed by atoms with E-state index in [-0.39, 0.29) is 5.00 Å². The van der Waals surface area contributed by atoms with Gasteiger partial charge in [0.05, 0.1) is 23.5 Å². The van der Waals surface area contributed by atoms with Crippen molar-refractivity contribution in [3.63, 3.8) is 0 Å². The van der Waals surface area contributed by atoms with Crippen molar-refractivity contribution in [1.29, 1.82) is 0 Å². The summed E-state index contributed by atoms with van der Waals surface area (Å²) in [7, 11) is 0. The van der Waals surface area contributed by atoms with Crippen LogP contribution in [0.5, 0.6) is 0 Å². The van der Waals surface area contributed by atoms with Crippen molar-refractivity contribution in [1.82, 2.24) is 15.0 Å². The summed E-state index contributed by atoms with van der Waals surface area (Å²) >= 11 is 1.01. The van der Waals surface area contributed by atoms with Crippen molar-refractivity contribution in [2.24, 2.45) is 0 Å². The quantitative estimate of drug-likeness (QED) is 0.605. The molecule has 2 heterocycles. The Labute approximate surface area is 88.3 Å². The first kappa shape index (κ1) is 9.59. The number of nitro groups is 1. The predicted octanol–water partition coefficient (Wildman–Crippen LogP) is 1.39. The molecular weight excluding hydrogens is 218 g/mol. The number of thiazole rings is 1. The van der Waals surface area contributed by atoms with Crippen LogP contribution in [0.1, 0.15) is 5.69 Å². The normalized spacial score (nSPS) is 10.1. The van der Waals surface area contributed by atoms with E-state index in [0.29, 0.717) is 11.7 Å². The van der Waals surface area contributed by atoms with Gasteiger partial charge in [0.2, 0.25) is 0 Å². The minimum absolute atomic E-state index is 0.0297. The molecule has 0 unspecified atom stereocenters. The molecule has 0 spiro atoms. The first-order valence-corrected chi connectivity index (χ1v) is 4.88. The molecule has 2 rings (SSSR count). The van der Waals surface area contributed by atoms with E-state index in [1.54, 1.807) is 12.5 Å². The number of imidazole rings is 1. The van der Waals surface area contributed by atoms with E-state index < -0.39 is 4.92 Å². The maximum Gasteiger partial charge on any atom is 0.345 e. The molecule has 78 valence electrons. The summed E-state index contributed by atoms with van der Waals surface area (Å²) in [6.07, 6.45) is 4.48. The number of H-pyrrole nitrogens is 1. The molecule has 0 bridgehead atoms. The van der Waals surface area contributed by atoms with Gasteiger partial charge >= 0.3 is 5.00 Å². The lowest BCUT2D eigenvalue weighted by Gasteiger charge is -1.97. The van der Waals surface area contributed by atoms with Crippen LogP contribution in [0.15, 0.2) is 18.7 Å². The SMILES string of the molecule is O=[N+]([O-])c1cnc(NCc2cnc[nH]2)s1. The van der Waals surface area contributed by atoms with Crippen LogP contribution in [0.25, 0.3) is 0 Å². The van der Waals surface area contributed by atoms with Gasteiger partial charge in [-0.1, -0.05) is 0 Å². The second-order valence-electron chi connectivity index (χ2n) is 2.69. The van der Waals surface area contributed by atoms with Crippen LogP contribution in [0.2, 0.25) is 0 Å². The molecule has 0 aromatic carbocycles. The second-order valence-corrected chi connectivity index (χ2v) is 3.70. The summed E-state index contributed by atoms with van der Waals surface area (Å²) < 4.78 is 0. The summed E-state index contributed by atoms with van der Waals surface area (Å²) in [5.74, 6) is 0. The van der Waals surface area contributed by atoms with Crippen LogP contribution in [-0.4, -0.2) is 19.9 Å². The standard InChI is InChI=1S/C7H7N5O2S/c13-12(14)6-3-10-7(15-6)9-2-5-1-8-4-11-5/h1,3-4H,2H2,(H,8,11)(H,9,10). The maximum atomic E-state index is 10.4. The average Bonchev–Trinajstić information content (AvgIpc) is 2.86. The number of rotatable bonds is 4. The van der Waals surface area contributed by atoms with Crippen molar-refractivity contribution < 1.29 is 4.92 Å². The highest BCUT2D eigenvalue weighted by Crippen LogP contribution is 2.24. The predicted molar refractivity (Wildman–Crippen MR) is 54.7 cm³/mol. The van der Waals surface area contributed by atoms with Gasteiger partial charge in [-0.15, -0.1) is 0 Å². The summed E-state index contributed by atoms with van der Waals surface area (Å²) in [4.78, 5) is 20.5. The van der Waals surface area contributed by atoms with Gasteiger partial charge in [-0.2, -0.15) is 0 Å². The van der Waals surface area contributed by atoms with Crippen molar-refractivity contribution in [3.8, 4) is 0 Å². The largest absolute Gasteiger partial charge is 0.356 e. The summed E-state index contributed by atoms with van der Waals surface area (Å²) in [6, 6.07) is 0. The second kappa shape index (κ2) is 4.05. The molecule has 0 saturated heterocycles. The number of anilines is 1. The molecule has 0 aliphatic carbocycles. The van der Waals surface area contributed by atoms with Crippen molar-refractivity contribution >= 4 is 21.5 Å². The molecule has 15 heavy (non-hydrogen) atoms. The van der Waals surface area contributed by atoms with E-state index in [1.165, 1.54) is 6.20 Å². The van der Waals surface area contributed by atoms with E-state index in [2.05, 4.69) is 20.3 Å². The molecule has 0 amide bonds. The lowest BCUT2D eigenvalue weighted by atomic mass is 10.5. The van der Waals surface area contributed by atoms with Gasteiger partial charge in [0.1, 0.15) is 6.20 Å². The third kappa shape index (κ3) is 2.29.